The number of aryl methyl sites for hydroxylation is 2. The predicted molar refractivity (Wildman–Crippen MR) is 103 cm³/mol. The molecule has 2 aliphatic rings. The Morgan fingerprint density at radius 3 is 2.48 bits per heavy atom. The zero-order valence-electron chi connectivity index (χ0n) is 15.8. The molecule has 1 aliphatic carbocycles. The zero-order valence-corrected chi connectivity index (χ0v) is 15.8. The van der Waals surface area contributed by atoms with Gasteiger partial charge in [0.15, 0.2) is 5.78 Å². The molecule has 27 heavy (non-hydrogen) atoms. The van der Waals surface area contributed by atoms with E-state index < -0.39 is 0 Å². The quantitative estimate of drug-likeness (QED) is 0.782. The predicted octanol–water partition coefficient (Wildman–Crippen LogP) is 2.28. The number of hydrogen-bond acceptors (Lipinski definition) is 5. The number of piperazine rings is 1. The lowest BCUT2D eigenvalue weighted by Crippen LogP contribution is -2.46. The number of Topliss-reactive ketones (excluding diaryl/α,β-unsaturated/α-hetero) is 1. The number of hydrogen-bond donors (Lipinski definition) is 0. The molecule has 0 radical (unpaired) electrons. The Kier molecular flexibility index (Phi) is 4.64. The van der Waals surface area contributed by atoms with Gasteiger partial charge in [0.05, 0.1) is 17.0 Å². The summed E-state index contributed by atoms with van der Waals surface area (Å²) in [5.41, 5.74) is 4.78. The number of rotatable bonds is 3. The molecule has 0 spiro atoms. The molecule has 1 aromatic carbocycles. The third-order valence-electron chi connectivity index (χ3n) is 5.68. The van der Waals surface area contributed by atoms with E-state index in [0.29, 0.717) is 44.1 Å². The highest BCUT2D eigenvalue weighted by molar-refractivity contribution is 5.99. The third-order valence-corrected chi connectivity index (χ3v) is 5.68. The van der Waals surface area contributed by atoms with E-state index in [2.05, 4.69) is 28.9 Å². The van der Waals surface area contributed by atoms with Crippen LogP contribution in [0.3, 0.4) is 0 Å². The summed E-state index contributed by atoms with van der Waals surface area (Å²) in [5.74, 6) is 0.981. The Morgan fingerprint density at radius 2 is 1.78 bits per heavy atom. The first-order chi connectivity index (χ1) is 13.1. The second-order valence-corrected chi connectivity index (χ2v) is 7.44. The van der Waals surface area contributed by atoms with E-state index in [-0.39, 0.29) is 11.7 Å². The summed E-state index contributed by atoms with van der Waals surface area (Å²) >= 11 is 0. The molecular weight excluding hydrogens is 340 g/mol. The van der Waals surface area contributed by atoms with Crippen LogP contribution in [0.1, 0.15) is 45.2 Å². The maximum Gasteiger partial charge on any atom is 0.225 e. The molecule has 0 bridgehead atoms. The smallest absolute Gasteiger partial charge is 0.225 e. The molecule has 6 nitrogen and oxygen atoms in total. The monoisotopic (exact) mass is 364 g/mol. The summed E-state index contributed by atoms with van der Waals surface area (Å²) in [7, 11) is 0. The van der Waals surface area contributed by atoms with E-state index in [0.717, 1.165) is 24.2 Å². The van der Waals surface area contributed by atoms with Gasteiger partial charge in [-0.15, -0.1) is 0 Å². The molecule has 1 aliphatic heterocycles. The van der Waals surface area contributed by atoms with Crippen LogP contribution in [-0.2, 0) is 11.2 Å². The van der Waals surface area contributed by atoms with E-state index in [1.807, 2.05) is 19.1 Å². The molecule has 0 N–H and O–H groups in total. The Labute approximate surface area is 159 Å². The van der Waals surface area contributed by atoms with Gasteiger partial charge in [0.2, 0.25) is 12.4 Å². The van der Waals surface area contributed by atoms with Gasteiger partial charge in [-0.3, -0.25) is 9.59 Å². The lowest BCUT2D eigenvalue weighted by molar-refractivity contribution is -0.118. The number of anilines is 1. The highest BCUT2D eigenvalue weighted by atomic mass is 16.1. The number of fused-ring (bicyclic) bond motifs is 1. The van der Waals surface area contributed by atoms with Crippen molar-refractivity contribution in [1.29, 1.82) is 0 Å². The molecule has 1 unspecified atom stereocenters. The molecule has 0 saturated carbocycles. The normalized spacial score (nSPS) is 19.8. The number of carbonyl (C=O) groups is 2. The van der Waals surface area contributed by atoms with Crippen molar-refractivity contribution in [3.63, 3.8) is 0 Å². The van der Waals surface area contributed by atoms with E-state index in [1.54, 1.807) is 4.90 Å². The number of nitrogens with zero attached hydrogens (tertiary/aromatic N) is 4. The number of amides is 1. The zero-order chi connectivity index (χ0) is 19.0. The molecule has 4 rings (SSSR count). The van der Waals surface area contributed by atoms with Crippen molar-refractivity contribution in [3.8, 4) is 0 Å². The van der Waals surface area contributed by atoms with Crippen molar-refractivity contribution in [2.45, 2.75) is 32.6 Å². The second kappa shape index (κ2) is 7.10. The Hall–Kier alpha value is -2.76. The summed E-state index contributed by atoms with van der Waals surface area (Å²) in [5, 5.41) is 0. The standard InChI is InChI=1S/C21H24N4O2/c1-14-5-3-4-6-17(14)16-11-18-20(19(27)12-16)15(2)22-21(23-18)25-9-7-24(13-26)8-10-25/h3-6,13,16H,7-12H2,1-2H3. The topological polar surface area (TPSA) is 66.4 Å². The lowest BCUT2D eigenvalue weighted by Gasteiger charge is -2.33. The third kappa shape index (κ3) is 3.31. The SMILES string of the molecule is Cc1ccccc1C1CC(=O)c2c(C)nc(N3CCN(C=O)CC3)nc2C1. The molecule has 1 fully saturated rings. The maximum atomic E-state index is 12.8. The van der Waals surface area contributed by atoms with Crippen molar-refractivity contribution in [3.05, 3.63) is 52.3 Å². The van der Waals surface area contributed by atoms with E-state index >= 15 is 0 Å². The van der Waals surface area contributed by atoms with Gasteiger partial charge in [-0.2, -0.15) is 0 Å². The van der Waals surface area contributed by atoms with Crippen molar-refractivity contribution >= 4 is 18.1 Å². The van der Waals surface area contributed by atoms with Gasteiger partial charge < -0.3 is 9.80 Å². The first-order valence-electron chi connectivity index (χ1n) is 9.47. The first-order valence-corrected chi connectivity index (χ1v) is 9.47. The molecule has 2 aromatic rings. The summed E-state index contributed by atoms with van der Waals surface area (Å²) in [6.45, 7) is 6.77. The average molecular weight is 364 g/mol. The van der Waals surface area contributed by atoms with Gasteiger partial charge in [-0.25, -0.2) is 9.97 Å². The fourth-order valence-electron chi connectivity index (χ4n) is 4.19. The summed E-state index contributed by atoms with van der Waals surface area (Å²) < 4.78 is 0. The molecule has 140 valence electrons. The van der Waals surface area contributed by atoms with Crippen molar-refractivity contribution in [2.24, 2.45) is 0 Å². The summed E-state index contributed by atoms with van der Waals surface area (Å²) in [4.78, 5) is 37.0. The van der Waals surface area contributed by atoms with Crippen LogP contribution in [0.5, 0.6) is 0 Å². The lowest BCUT2D eigenvalue weighted by atomic mass is 9.80. The van der Waals surface area contributed by atoms with Crippen LogP contribution >= 0.6 is 0 Å². The molecule has 1 amide bonds. The summed E-state index contributed by atoms with van der Waals surface area (Å²) in [6.07, 6.45) is 2.16. The van der Waals surface area contributed by atoms with Gasteiger partial charge in [0.25, 0.3) is 0 Å². The van der Waals surface area contributed by atoms with E-state index in [9.17, 15) is 9.59 Å². The molecular formula is C21H24N4O2. The average Bonchev–Trinajstić information content (AvgIpc) is 2.67. The highest BCUT2D eigenvalue weighted by Gasteiger charge is 2.31. The largest absolute Gasteiger partial charge is 0.342 e. The Bertz CT molecular complexity index is 888. The minimum Gasteiger partial charge on any atom is -0.342 e. The minimum atomic E-state index is 0.138. The van der Waals surface area contributed by atoms with E-state index in [4.69, 9.17) is 4.98 Å². The maximum absolute atomic E-state index is 12.8. The molecule has 1 aromatic heterocycles. The number of aromatic nitrogens is 2. The number of carbonyl (C=O) groups excluding carboxylic acids is 2. The Morgan fingerprint density at radius 1 is 1.04 bits per heavy atom. The van der Waals surface area contributed by atoms with E-state index in [1.165, 1.54) is 11.1 Å². The van der Waals surface area contributed by atoms with Gasteiger partial charge >= 0.3 is 0 Å². The molecule has 2 heterocycles. The fourth-order valence-corrected chi connectivity index (χ4v) is 4.19. The summed E-state index contributed by atoms with van der Waals surface area (Å²) in [6, 6.07) is 8.27. The van der Waals surface area contributed by atoms with Crippen LogP contribution in [0.15, 0.2) is 24.3 Å². The minimum absolute atomic E-state index is 0.138. The first kappa shape index (κ1) is 17.6. The van der Waals surface area contributed by atoms with Crippen molar-refractivity contribution in [1.82, 2.24) is 14.9 Å². The second-order valence-electron chi connectivity index (χ2n) is 7.44. The van der Waals surface area contributed by atoms with Gasteiger partial charge in [-0.1, -0.05) is 24.3 Å². The van der Waals surface area contributed by atoms with Crippen LogP contribution in [0.4, 0.5) is 5.95 Å². The van der Waals surface area contributed by atoms with Crippen LogP contribution in [-0.4, -0.2) is 53.2 Å². The fraction of sp³-hybridized carbons (Fsp3) is 0.429. The molecule has 6 heteroatoms. The highest BCUT2D eigenvalue weighted by Crippen LogP contribution is 2.35. The molecule has 1 atom stereocenters. The van der Waals surface area contributed by atoms with Crippen LogP contribution in [0.2, 0.25) is 0 Å². The van der Waals surface area contributed by atoms with Gasteiger partial charge in [0.1, 0.15) is 0 Å². The number of ketones is 1. The van der Waals surface area contributed by atoms with Crippen LogP contribution in [0.25, 0.3) is 0 Å². The van der Waals surface area contributed by atoms with Crippen molar-refractivity contribution in [2.75, 3.05) is 31.1 Å². The van der Waals surface area contributed by atoms with Gasteiger partial charge in [0, 0.05) is 32.6 Å². The Balaban J connectivity index is 1.65. The van der Waals surface area contributed by atoms with Gasteiger partial charge in [-0.05, 0) is 37.3 Å². The van der Waals surface area contributed by atoms with Crippen molar-refractivity contribution < 1.29 is 9.59 Å². The molecule has 1 saturated heterocycles. The number of benzene rings is 1. The van der Waals surface area contributed by atoms with Crippen LogP contribution < -0.4 is 4.90 Å². The van der Waals surface area contributed by atoms with Crippen LogP contribution in [0, 0.1) is 13.8 Å².